The van der Waals surface area contributed by atoms with Crippen molar-refractivity contribution in [3.63, 3.8) is 0 Å². The quantitative estimate of drug-likeness (QED) is 0.523. The highest BCUT2D eigenvalue weighted by atomic mass is 16.5. The molecule has 2 aromatic rings. The van der Waals surface area contributed by atoms with E-state index in [1.165, 1.54) is 0 Å². The lowest BCUT2D eigenvalue weighted by atomic mass is 10.1. The summed E-state index contributed by atoms with van der Waals surface area (Å²) >= 11 is 0. The van der Waals surface area contributed by atoms with E-state index in [4.69, 9.17) is 9.26 Å². The molecule has 0 N–H and O–H groups in total. The summed E-state index contributed by atoms with van der Waals surface area (Å²) in [6.07, 6.45) is 2.48. The molecule has 0 aromatic carbocycles. The predicted molar refractivity (Wildman–Crippen MR) is 105 cm³/mol. The van der Waals surface area contributed by atoms with Crippen LogP contribution < -0.4 is 0 Å². The van der Waals surface area contributed by atoms with Crippen LogP contribution in [-0.2, 0) is 14.3 Å². The molecule has 0 saturated carbocycles. The van der Waals surface area contributed by atoms with Gasteiger partial charge in [-0.2, -0.15) is 0 Å². The van der Waals surface area contributed by atoms with Crippen molar-refractivity contribution in [3.05, 3.63) is 34.8 Å². The summed E-state index contributed by atoms with van der Waals surface area (Å²) in [4.78, 5) is 38.9. The average Bonchev–Trinajstić information content (AvgIpc) is 3.39. The summed E-state index contributed by atoms with van der Waals surface area (Å²) in [6, 6.07) is 2.95. The highest BCUT2D eigenvalue weighted by Gasteiger charge is 2.35. The van der Waals surface area contributed by atoms with Crippen LogP contribution in [0.2, 0.25) is 0 Å². The smallest absolute Gasteiger partial charge is 0.329 e. The van der Waals surface area contributed by atoms with Gasteiger partial charge in [-0.15, -0.1) is 0 Å². The number of esters is 1. The van der Waals surface area contributed by atoms with Crippen molar-refractivity contribution in [1.82, 2.24) is 14.6 Å². The van der Waals surface area contributed by atoms with Crippen molar-refractivity contribution in [2.24, 2.45) is 0 Å². The third kappa shape index (κ3) is 4.26. The fourth-order valence-corrected chi connectivity index (χ4v) is 3.83. The van der Waals surface area contributed by atoms with E-state index in [1.807, 2.05) is 25.3 Å². The SMILES string of the molecule is CCCC(=O)N1CCCC1C(=O)OCC(=O)c1cc(C)n(-c2cc(C)on2)c1C. The van der Waals surface area contributed by atoms with Crippen LogP contribution in [0.15, 0.2) is 16.7 Å². The molecule has 3 heterocycles. The lowest BCUT2D eigenvalue weighted by Gasteiger charge is -2.23. The van der Waals surface area contributed by atoms with E-state index in [9.17, 15) is 14.4 Å². The van der Waals surface area contributed by atoms with Gasteiger partial charge in [-0.1, -0.05) is 12.1 Å². The molecule has 1 amide bonds. The molecule has 2 aromatic heterocycles. The first-order valence-corrected chi connectivity index (χ1v) is 9.95. The Kier molecular flexibility index (Phi) is 6.20. The Morgan fingerprint density at radius 3 is 2.66 bits per heavy atom. The van der Waals surface area contributed by atoms with Crippen molar-refractivity contribution < 1.29 is 23.6 Å². The number of carbonyl (C=O) groups excluding carboxylic acids is 3. The van der Waals surface area contributed by atoms with Crippen molar-refractivity contribution >= 4 is 17.7 Å². The van der Waals surface area contributed by atoms with Gasteiger partial charge in [-0.05, 0) is 46.1 Å². The standard InChI is InChI=1S/C21H27N3O5/c1-5-7-20(26)23-9-6-8-17(23)21(27)28-12-18(25)16-10-13(2)24(15(16)4)19-11-14(3)29-22-19/h10-11,17H,5-9,12H2,1-4H3. The molecular weight excluding hydrogens is 374 g/mol. The Hall–Kier alpha value is -2.90. The molecule has 8 nitrogen and oxygen atoms in total. The zero-order valence-corrected chi connectivity index (χ0v) is 17.4. The lowest BCUT2D eigenvalue weighted by Crippen LogP contribution is -2.41. The summed E-state index contributed by atoms with van der Waals surface area (Å²) in [5.41, 5.74) is 2.01. The molecule has 8 heteroatoms. The van der Waals surface area contributed by atoms with Crippen LogP contribution in [-0.4, -0.2) is 51.5 Å². The van der Waals surface area contributed by atoms with Gasteiger partial charge >= 0.3 is 5.97 Å². The Morgan fingerprint density at radius 1 is 1.24 bits per heavy atom. The molecule has 1 atom stereocenters. The van der Waals surface area contributed by atoms with Gasteiger partial charge in [-0.25, -0.2) is 4.79 Å². The van der Waals surface area contributed by atoms with Gasteiger partial charge in [0.1, 0.15) is 11.8 Å². The molecule has 0 bridgehead atoms. The second-order valence-corrected chi connectivity index (χ2v) is 7.44. The Morgan fingerprint density at radius 2 is 2.00 bits per heavy atom. The Balaban J connectivity index is 1.67. The van der Waals surface area contributed by atoms with E-state index in [-0.39, 0.29) is 18.3 Å². The zero-order chi connectivity index (χ0) is 21.1. The molecule has 1 aliphatic rings. The van der Waals surface area contributed by atoms with Gasteiger partial charge in [0, 0.05) is 36.0 Å². The number of nitrogens with zero attached hydrogens (tertiary/aromatic N) is 3. The number of ketones is 1. The fraction of sp³-hybridized carbons (Fsp3) is 0.524. The minimum atomic E-state index is -0.590. The third-order valence-electron chi connectivity index (χ3n) is 5.23. The number of ether oxygens (including phenoxy) is 1. The number of rotatable bonds is 7. The maximum Gasteiger partial charge on any atom is 0.329 e. The van der Waals surface area contributed by atoms with Gasteiger partial charge in [0.05, 0.1) is 0 Å². The Labute approximate surface area is 169 Å². The molecule has 0 spiro atoms. The topological polar surface area (TPSA) is 94.6 Å². The first-order chi connectivity index (χ1) is 13.8. The summed E-state index contributed by atoms with van der Waals surface area (Å²) in [6.45, 7) is 7.62. The van der Waals surface area contributed by atoms with Crippen LogP contribution in [0.5, 0.6) is 0 Å². The van der Waals surface area contributed by atoms with Gasteiger partial charge in [0.2, 0.25) is 11.7 Å². The second-order valence-electron chi connectivity index (χ2n) is 7.44. The number of hydrogen-bond acceptors (Lipinski definition) is 6. The number of hydrogen-bond donors (Lipinski definition) is 0. The highest BCUT2D eigenvalue weighted by Crippen LogP contribution is 2.22. The second kappa shape index (κ2) is 8.63. The molecule has 1 aliphatic heterocycles. The van der Waals surface area contributed by atoms with Gasteiger partial charge in [0.15, 0.2) is 12.4 Å². The molecule has 1 unspecified atom stereocenters. The molecule has 1 fully saturated rings. The number of Topliss-reactive ketones (excluding diaryl/α,β-unsaturated/α-hetero) is 1. The van der Waals surface area contributed by atoms with Crippen LogP contribution in [0.1, 0.15) is 60.1 Å². The predicted octanol–water partition coefficient (Wildman–Crippen LogP) is 2.91. The van der Waals surface area contributed by atoms with Crippen LogP contribution in [0.25, 0.3) is 5.82 Å². The van der Waals surface area contributed by atoms with E-state index in [0.29, 0.717) is 42.2 Å². The molecule has 0 aliphatic carbocycles. The van der Waals surface area contributed by atoms with Crippen molar-refractivity contribution in [1.29, 1.82) is 0 Å². The maximum atomic E-state index is 12.7. The number of amides is 1. The number of aryl methyl sites for hydroxylation is 2. The monoisotopic (exact) mass is 401 g/mol. The van der Waals surface area contributed by atoms with E-state index in [1.54, 1.807) is 24.0 Å². The number of carbonyl (C=O) groups is 3. The molecule has 1 saturated heterocycles. The zero-order valence-electron chi connectivity index (χ0n) is 17.4. The largest absolute Gasteiger partial charge is 0.456 e. The number of likely N-dealkylation sites (tertiary alicyclic amines) is 1. The summed E-state index contributed by atoms with van der Waals surface area (Å²) in [7, 11) is 0. The summed E-state index contributed by atoms with van der Waals surface area (Å²) in [5.74, 6) is 0.436. The molecule has 29 heavy (non-hydrogen) atoms. The highest BCUT2D eigenvalue weighted by molar-refractivity contribution is 5.99. The van der Waals surface area contributed by atoms with E-state index < -0.39 is 12.0 Å². The summed E-state index contributed by atoms with van der Waals surface area (Å²) in [5, 5.41) is 4.00. The van der Waals surface area contributed by atoms with Gasteiger partial charge < -0.3 is 14.2 Å². The minimum absolute atomic E-state index is 0.0373. The fourth-order valence-electron chi connectivity index (χ4n) is 3.83. The Bertz CT molecular complexity index is 927. The van der Waals surface area contributed by atoms with E-state index >= 15 is 0 Å². The first-order valence-electron chi connectivity index (χ1n) is 9.95. The minimum Gasteiger partial charge on any atom is -0.456 e. The van der Waals surface area contributed by atoms with E-state index in [0.717, 1.165) is 18.5 Å². The van der Waals surface area contributed by atoms with Crippen molar-refractivity contribution in [2.45, 2.75) is 59.4 Å². The van der Waals surface area contributed by atoms with Gasteiger partial charge in [0.25, 0.3) is 0 Å². The van der Waals surface area contributed by atoms with Crippen LogP contribution in [0.3, 0.4) is 0 Å². The molecule has 0 radical (unpaired) electrons. The van der Waals surface area contributed by atoms with Crippen LogP contribution in [0.4, 0.5) is 0 Å². The lowest BCUT2D eigenvalue weighted by molar-refractivity contribution is -0.152. The average molecular weight is 401 g/mol. The first kappa shape index (κ1) is 20.8. The third-order valence-corrected chi connectivity index (χ3v) is 5.23. The number of aromatic nitrogens is 2. The van der Waals surface area contributed by atoms with Crippen LogP contribution in [0, 0.1) is 20.8 Å². The van der Waals surface area contributed by atoms with Crippen LogP contribution >= 0.6 is 0 Å². The normalized spacial score (nSPS) is 16.3. The van der Waals surface area contributed by atoms with E-state index in [2.05, 4.69) is 5.16 Å². The summed E-state index contributed by atoms with van der Waals surface area (Å²) < 4.78 is 12.2. The van der Waals surface area contributed by atoms with Crippen molar-refractivity contribution in [2.75, 3.05) is 13.2 Å². The van der Waals surface area contributed by atoms with Crippen molar-refractivity contribution in [3.8, 4) is 5.82 Å². The maximum absolute atomic E-state index is 12.7. The van der Waals surface area contributed by atoms with Gasteiger partial charge in [-0.3, -0.25) is 14.2 Å². The molecule has 3 rings (SSSR count). The molecular formula is C21H27N3O5. The molecule has 156 valence electrons.